The van der Waals surface area contributed by atoms with Crippen molar-refractivity contribution in [3.05, 3.63) is 0 Å². The Morgan fingerprint density at radius 3 is 2.35 bits per heavy atom. The molecule has 1 aliphatic carbocycles. The van der Waals surface area contributed by atoms with Crippen LogP contribution in [0.2, 0.25) is 0 Å². The van der Waals surface area contributed by atoms with Crippen molar-refractivity contribution in [2.75, 3.05) is 32.1 Å². The van der Waals surface area contributed by atoms with Gasteiger partial charge in [0.25, 0.3) is 0 Å². The van der Waals surface area contributed by atoms with E-state index in [9.17, 15) is 0 Å². The van der Waals surface area contributed by atoms with Gasteiger partial charge in [0.1, 0.15) is 0 Å². The van der Waals surface area contributed by atoms with E-state index in [0.717, 1.165) is 18.5 Å². The van der Waals surface area contributed by atoms with E-state index < -0.39 is 0 Å². The first kappa shape index (κ1) is 15.5. The molecule has 17 heavy (non-hydrogen) atoms. The molecule has 0 spiro atoms. The molecular weight excluding hydrogens is 278 g/mol. The fourth-order valence-electron chi connectivity index (χ4n) is 2.79. The van der Waals surface area contributed by atoms with E-state index in [4.69, 9.17) is 4.74 Å². The van der Waals surface area contributed by atoms with E-state index in [1.54, 1.807) is 7.11 Å². The van der Waals surface area contributed by atoms with Crippen LogP contribution < -0.4 is 0 Å². The summed E-state index contributed by atoms with van der Waals surface area (Å²) in [5, 5.41) is 1.15. The van der Waals surface area contributed by atoms with Gasteiger partial charge in [0.15, 0.2) is 0 Å². The zero-order valence-corrected chi connectivity index (χ0v) is 13.3. The minimum atomic E-state index is 0.510. The second-order valence-corrected chi connectivity index (χ2v) is 6.31. The summed E-state index contributed by atoms with van der Waals surface area (Å²) in [6.07, 6.45) is 7.00. The molecule has 1 saturated carbocycles. The van der Waals surface area contributed by atoms with Crippen molar-refractivity contribution in [3.8, 4) is 0 Å². The van der Waals surface area contributed by atoms with E-state index >= 15 is 0 Å². The molecule has 0 aromatic heterocycles. The Morgan fingerprint density at radius 1 is 1.24 bits per heavy atom. The Balaban J connectivity index is 2.55. The number of halogens is 1. The normalized spacial score (nSPS) is 20.1. The fourth-order valence-corrected chi connectivity index (χ4v) is 3.53. The average Bonchev–Trinajstić information content (AvgIpc) is 2.35. The Morgan fingerprint density at radius 2 is 1.88 bits per heavy atom. The van der Waals surface area contributed by atoms with Crippen molar-refractivity contribution >= 4 is 15.9 Å². The molecule has 0 amide bonds. The lowest BCUT2D eigenvalue weighted by Crippen LogP contribution is -2.44. The van der Waals surface area contributed by atoms with Crippen LogP contribution in [0.4, 0.5) is 0 Å². The summed E-state index contributed by atoms with van der Waals surface area (Å²) < 4.78 is 5.22. The van der Waals surface area contributed by atoms with Gasteiger partial charge in [-0.25, -0.2) is 0 Å². The molecule has 0 saturated heterocycles. The molecule has 0 heterocycles. The molecule has 0 radical (unpaired) electrons. The lowest BCUT2D eigenvalue weighted by Gasteiger charge is -2.41. The summed E-state index contributed by atoms with van der Waals surface area (Å²) >= 11 is 3.76. The molecule has 3 heteroatoms. The first-order chi connectivity index (χ1) is 8.13. The molecule has 0 aromatic carbocycles. The van der Waals surface area contributed by atoms with E-state index in [0.29, 0.717) is 11.5 Å². The highest BCUT2D eigenvalue weighted by molar-refractivity contribution is 9.09. The predicted molar refractivity (Wildman–Crippen MR) is 77.9 cm³/mol. The van der Waals surface area contributed by atoms with Crippen molar-refractivity contribution < 1.29 is 4.74 Å². The van der Waals surface area contributed by atoms with E-state index in [-0.39, 0.29) is 0 Å². The molecule has 0 unspecified atom stereocenters. The molecule has 1 rings (SSSR count). The SMILES string of the molecule is COCCN(CC1(CBr)CCCCC1)C(C)C. The maximum atomic E-state index is 5.22. The van der Waals surface area contributed by atoms with E-state index in [2.05, 4.69) is 34.7 Å². The van der Waals surface area contributed by atoms with Crippen LogP contribution in [0.3, 0.4) is 0 Å². The minimum absolute atomic E-state index is 0.510. The molecule has 0 aliphatic heterocycles. The zero-order chi connectivity index (χ0) is 12.7. The molecule has 2 nitrogen and oxygen atoms in total. The van der Waals surface area contributed by atoms with Gasteiger partial charge in [-0.1, -0.05) is 35.2 Å². The van der Waals surface area contributed by atoms with Crippen LogP contribution in [0.1, 0.15) is 46.0 Å². The standard InChI is InChI=1S/C14H28BrNO/c1-13(2)16(9-10-17-3)12-14(11-15)7-5-4-6-8-14/h13H,4-12H2,1-3H3. The number of rotatable bonds is 7. The van der Waals surface area contributed by atoms with Crippen LogP contribution in [0, 0.1) is 5.41 Å². The summed E-state index contributed by atoms with van der Waals surface area (Å²) in [4.78, 5) is 2.58. The topological polar surface area (TPSA) is 12.5 Å². The van der Waals surface area contributed by atoms with Crippen molar-refractivity contribution in [1.82, 2.24) is 4.90 Å². The number of hydrogen-bond acceptors (Lipinski definition) is 2. The van der Waals surface area contributed by atoms with Crippen molar-refractivity contribution in [2.24, 2.45) is 5.41 Å². The molecule has 102 valence electrons. The molecule has 0 aromatic rings. The van der Waals surface area contributed by atoms with Crippen LogP contribution in [0.5, 0.6) is 0 Å². The molecular formula is C14H28BrNO. The summed E-state index contributed by atoms with van der Waals surface area (Å²) in [5.74, 6) is 0. The fraction of sp³-hybridized carbons (Fsp3) is 1.00. The van der Waals surface area contributed by atoms with Crippen LogP contribution in [0.25, 0.3) is 0 Å². The van der Waals surface area contributed by atoms with Gasteiger partial charge in [-0.15, -0.1) is 0 Å². The number of methoxy groups -OCH3 is 1. The van der Waals surface area contributed by atoms with Crippen molar-refractivity contribution in [3.63, 3.8) is 0 Å². The van der Waals surface area contributed by atoms with E-state index in [1.807, 2.05) is 0 Å². The number of nitrogens with zero attached hydrogens (tertiary/aromatic N) is 1. The lowest BCUT2D eigenvalue weighted by atomic mass is 9.75. The van der Waals surface area contributed by atoms with Gasteiger partial charge in [-0.05, 0) is 32.1 Å². The van der Waals surface area contributed by atoms with Crippen molar-refractivity contribution in [2.45, 2.75) is 52.0 Å². The Labute approximate surface area is 115 Å². The highest BCUT2D eigenvalue weighted by atomic mass is 79.9. The third-order valence-corrected chi connectivity index (χ3v) is 5.24. The maximum absolute atomic E-state index is 5.22. The summed E-state index contributed by atoms with van der Waals surface area (Å²) in [6, 6.07) is 0.614. The van der Waals surface area contributed by atoms with Gasteiger partial charge >= 0.3 is 0 Å². The highest BCUT2D eigenvalue weighted by Gasteiger charge is 2.33. The van der Waals surface area contributed by atoms with Crippen LogP contribution in [-0.4, -0.2) is 43.1 Å². The first-order valence-electron chi connectivity index (χ1n) is 6.92. The predicted octanol–water partition coefficient (Wildman–Crippen LogP) is 3.69. The van der Waals surface area contributed by atoms with Gasteiger partial charge in [0, 0.05) is 31.6 Å². The molecule has 1 fully saturated rings. The van der Waals surface area contributed by atoms with Crippen LogP contribution in [0.15, 0.2) is 0 Å². The van der Waals surface area contributed by atoms with E-state index in [1.165, 1.54) is 38.6 Å². The number of ether oxygens (including phenoxy) is 1. The summed E-state index contributed by atoms with van der Waals surface area (Å²) in [5.41, 5.74) is 0.510. The first-order valence-corrected chi connectivity index (χ1v) is 8.05. The van der Waals surface area contributed by atoms with Crippen LogP contribution >= 0.6 is 15.9 Å². The lowest BCUT2D eigenvalue weighted by molar-refractivity contribution is 0.0750. The quantitative estimate of drug-likeness (QED) is 0.665. The monoisotopic (exact) mass is 305 g/mol. The number of alkyl halides is 1. The maximum Gasteiger partial charge on any atom is 0.0589 e. The van der Waals surface area contributed by atoms with Crippen LogP contribution in [-0.2, 0) is 4.74 Å². The third kappa shape index (κ3) is 4.88. The van der Waals surface area contributed by atoms with Gasteiger partial charge in [-0.2, -0.15) is 0 Å². The number of hydrogen-bond donors (Lipinski definition) is 0. The molecule has 0 bridgehead atoms. The Bertz CT molecular complexity index is 202. The second kappa shape index (κ2) is 7.75. The molecule has 0 atom stereocenters. The summed E-state index contributed by atoms with van der Waals surface area (Å²) in [6.45, 7) is 7.71. The Hall–Kier alpha value is 0.400. The minimum Gasteiger partial charge on any atom is -0.383 e. The van der Waals surface area contributed by atoms with Gasteiger partial charge in [-0.3, -0.25) is 4.90 Å². The summed E-state index contributed by atoms with van der Waals surface area (Å²) in [7, 11) is 1.79. The molecule has 1 aliphatic rings. The molecule has 0 N–H and O–H groups in total. The van der Waals surface area contributed by atoms with Gasteiger partial charge in [0.05, 0.1) is 6.61 Å². The largest absolute Gasteiger partial charge is 0.383 e. The van der Waals surface area contributed by atoms with Gasteiger partial charge in [0.2, 0.25) is 0 Å². The van der Waals surface area contributed by atoms with Gasteiger partial charge < -0.3 is 4.74 Å². The van der Waals surface area contributed by atoms with Crippen molar-refractivity contribution in [1.29, 1.82) is 0 Å². The Kier molecular flexibility index (Phi) is 7.05. The second-order valence-electron chi connectivity index (χ2n) is 5.75. The third-order valence-electron chi connectivity index (χ3n) is 4.05. The average molecular weight is 306 g/mol. The highest BCUT2D eigenvalue weighted by Crippen LogP contribution is 2.38. The zero-order valence-electron chi connectivity index (χ0n) is 11.7. The smallest absolute Gasteiger partial charge is 0.0589 e.